The lowest BCUT2D eigenvalue weighted by molar-refractivity contribution is -0.187. The lowest BCUT2D eigenvalue weighted by Gasteiger charge is -2.40. The number of carbonyl (C=O) groups is 1. The zero-order valence-electron chi connectivity index (χ0n) is 10.0. The van der Waals surface area contributed by atoms with Crippen LogP contribution in [0.4, 0.5) is 0 Å². The van der Waals surface area contributed by atoms with Gasteiger partial charge in [-0.3, -0.25) is 4.79 Å². The Kier molecular flexibility index (Phi) is 3.78. The molecule has 0 aromatic carbocycles. The number of rotatable bonds is 3. The molecular weight excluding hydrogens is 208 g/mol. The standard InChI is InChI=1S/C11H20N2O3/c1-3-15-10-8-13(4-5-16-10)11(14)9-6-12(2)7-9/h9-10H,3-8H2,1-2H3/t10-/m1/s1. The van der Waals surface area contributed by atoms with E-state index in [-0.39, 0.29) is 18.1 Å². The van der Waals surface area contributed by atoms with Crippen molar-refractivity contribution in [3.63, 3.8) is 0 Å². The van der Waals surface area contributed by atoms with Crippen LogP contribution < -0.4 is 0 Å². The van der Waals surface area contributed by atoms with E-state index in [2.05, 4.69) is 4.90 Å². The highest BCUT2D eigenvalue weighted by Crippen LogP contribution is 2.18. The van der Waals surface area contributed by atoms with E-state index in [1.807, 2.05) is 18.9 Å². The average Bonchev–Trinajstić information content (AvgIpc) is 2.25. The Morgan fingerprint density at radius 3 is 2.81 bits per heavy atom. The molecule has 2 saturated heterocycles. The van der Waals surface area contributed by atoms with Crippen LogP contribution in [0.3, 0.4) is 0 Å². The van der Waals surface area contributed by atoms with Crippen molar-refractivity contribution < 1.29 is 14.3 Å². The van der Waals surface area contributed by atoms with Crippen molar-refractivity contribution in [2.45, 2.75) is 13.2 Å². The maximum absolute atomic E-state index is 12.1. The molecule has 0 unspecified atom stereocenters. The Balaban J connectivity index is 1.82. The number of morpholine rings is 1. The van der Waals surface area contributed by atoms with Gasteiger partial charge in [-0.05, 0) is 14.0 Å². The molecule has 0 aliphatic carbocycles. The van der Waals surface area contributed by atoms with Gasteiger partial charge in [0.2, 0.25) is 5.91 Å². The second kappa shape index (κ2) is 5.12. The molecule has 5 heteroatoms. The van der Waals surface area contributed by atoms with E-state index < -0.39 is 0 Å². The first-order valence-electron chi connectivity index (χ1n) is 5.91. The molecule has 5 nitrogen and oxygen atoms in total. The molecule has 2 aliphatic rings. The van der Waals surface area contributed by atoms with Gasteiger partial charge in [0.15, 0.2) is 6.29 Å². The average molecular weight is 228 g/mol. The van der Waals surface area contributed by atoms with Crippen molar-refractivity contribution >= 4 is 5.91 Å². The molecule has 2 fully saturated rings. The van der Waals surface area contributed by atoms with Gasteiger partial charge in [-0.2, -0.15) is 0 Å². The SMILES string of the molecule is CCO[C@H]1CN(C(=O)C2CN(C)C2)CCO1. The first-order chi connectivity index (χ1) is 7.70. The van der Waals surface area contributed by atoms with Gasteiger partial charge in [0, 0.05) is 26.2 Å². The van der Waals surface area contributed by atoms with Crippen LogP contribution >= 0.6 is 0 Å². The molecule has 0 bridgehead atoms. The summed E-state index contributed by atoms with van der Waals surface area (Å²) >= 11 is 0. The summed E-state index contributed by atoms with van der Waals surface area (Å²) < 4.78 is 10.8. The Labute approximate surface area is 96.3 Å². The minimum Gasteiger partial charge on any atom is -0.351 e. The number of nitrogens with zero attached hydrogens (tertiary/aromatic N) is 2. The van der Waals surface area contributed by atoms with Gasteiger partial charge >= 0.3 is 0 Å². The number of ether oxygens (including phenoxy) is 2. The third-order valence-electron chi connectivity index (χ3n) is 3.11. The molecule has 0 aromatic rings. The summed E-state index contributed by atoms with van der Waals surface area (Å²) in [6.07, 6.45) is -0.236. The molecule has 16 heavy (non-hydrogen) atoms. The summed E-state index contributed by atoms with van der Waals surface area (Å²) in [6.45, 7) is 6.18. The summed E-state index contributed by atoms with van der Waals surface area (Å²) in [6, 6.07) is 0. The van der Waals surface area contributed by atoms with E-state index in [0.29, 0.717) is 26.3 Å². The lowest BCUT2D eigenvalue weighted by Crippen LogP contribution is -2.56. The van der Waals surface area contributed by atoms with Crippen LogP contribution in [-0.4, -0.2) is 68.4 Å². The summed E-state index contributed by atoms with van der Waals surface area (Å²) in [7, 11) is 2.03. The van der Waals surface area contributed by atoms with E-state index in [9.17, 15) is 4.79 Å². The molecule has 2 heterocycles. The number of hydrogen-bond donors (Lipinski definition) is 0. The number of likely N-dealkylation sites (tertiary alicyclic amines) is 1. The fourth-order valence-corrected chi connectivity index (χ4v) is 2.22. The van der Waals surface area contributed by atoms with Crippen molar-refractivity contribution in [3.8, 4) is 0 Å². The summed E-state index contributed by atoms with van der Waals surface area (Å²) in [4.78, 5) is 16.1. The van der Waals surface area contributed by atoms with Crippen molar-refractivity contribution in [2.75, 3.05) is 46.4 Å². The lowest BCUT2D eigenvalue weighted by atomic mass is 9.99. The van der Waals surface area contributed by atoms with E-state index in [4.69, 9.17) is 9.47 Å². The highest BCUT2D eigenvalue weighted by atomic mass is 16.7. The fourth-order valence-electron chi connectivity index (χ4n) is 2.22. The second-order valence-electron chi connectivity index (χ2n) is 4.46. The molecule has 92 valence electrons. The maximum atomic E-state index is 12.1. The van der Waals surface area contributed by atoms with Crippen molar-refractivity contribution in [1.29, 1.82) is 0 Å². The molecular formula is C11H20N2O3. The van der Waals surface area contributed by atoms with E-state index in [0.717, 1.165) is 13.1 Å². The Hall–Kier alpha value is -0.650. The Bertz CT molecular complexity index is 252. The molecule has 0 aromatic heterocycles. The zero-order chi connectivity index (χ0) is 11.5. The third-order valence-corrected chi connectivity index (χ3v) is 3.11. The van der Waals surface area contributed by atoms with Crippen molar-refractivity contribution in [1.82, 2.24) is 9.80 Å². The first-order valence-corrected chi connectivity index (χ1v) is 5.91. The molecule has 0 spiro atoms. The maximum Gasteiger partial charge on any atom is 0.228 e. The van der Waals surface area contributed by atoms with Gasteiger partial charge in [-0.15, -0.1) is 0 Å². The Morgan fingerprint density at radius 2 is 2.19 bits per heavy atom. The molecule has 2 rings (SSSR count). The van der Waals surface area contributed by atoms with Crippen molar-refractivity contribution in [3.05, 3.63) is 0 Å². The molecule has 1 atom stereocenters. The largest absolute Gasteiger partial charge is 0.351 e. The molecule has 0 radical (unpaired) electrons. The van der Waals surface area contributed by atoms with Gasteiger partial charge < -0.3 is 19.3 Å². The summed E-state index contributed by atoms with van der Waals surface area (Å²) in [5.41, 5.74) is 0. The highest BCUT2D eigenvalue weighted by Gasteiger charge is 2.35. The first kappa shape index (κ1) is 11.8. The monoisotopic (exact) mass is 228 g/mol. The molecule has 0 saturated carbocycles. The van der Waals surface area contributed by atoms with Crippen LogP contribution in [0.2, 0.25) is 0 Å². The van der Waals surface area contributed by atoms with Crippen LogP contribution in [-0.2, 0) is 14.3 Å². The van der Waals surface area contributed by atoms with E-state index >= 15 is 0 Å². The number of hydrogen-bond acceptors (Lipinski definition) is 4. The molecule has 1 amide bonds. The third kappa shape index (κ3) is 2.53. The predicted octanol–water partition coefficient (Wildman–Crippen LogP) is -0.231. The smallest absolute Gasteiger partial charge is 0.228 e. The summed E-state index contributed by atoms with van der Waals surface area (Å²) in [5.74, 6) is 0.441. The van der Waals surface area contributed by atoms with Crippen LogP contribution in [0.1, 0.15) is 6.92 Å². The van der Waals surface area contributed by atoms with Crippen molar-refractivity contribution in [2.24, 2.45) is 5.92 Å². The van der Waals surface area contributed by atoms with Crippen LogP contribution in [0.5, 0.6) is 0 Å². The van der Waals surface area contributed by atoms with Crippen LogP contribution in [0.25, 0.3) is 0 Å². The van der Waals surface area contributed by atoms with Gasteiger partial charge in [0.25, 0.3) is 0 Å². The number of amides is 1. The van der Waals surface area contributed by atoms with Gasteiger partial charge in [0.1, 0.15) is 0 Å². The minimum absolute atomic E-state index is 0.186. The summed E-state index contributed by atoms with van der Waals surface area (Å²) in [5, 5.41) is 0. The minimum atomic E-state index is -0.236. The molecule has 0 N–H and O–H groups in total. The van der Waals surface area contributed by atoms with E-state index in [1.54, 1.807) is 0 Å². The number of carbonyl (C=O) groups excluding carboxylic acids is 1. The topological polar surface area (TPSA) is 42.0 Å². The quantitative estimate of drug-likeness (QED) is 0.669. The Morgan fingerprint density at radius 1 is 1.44 bits per heavy atom. The zero-order valence-corrected chi connectivity index (χ0v) is 10.0. The van der Waals surface area contributed by atoms with Crippen LogP contribution in [0.15, 0.2) is 0 Å². The van der Waals surface area contributed by atoms with Gasteiger partial charge in [-0.1, -0.05) is 0 Å². The van der Waals surface area contributed by atoms with Gasteiger partial charge in [0.05, 0.1) is 19.1 Å². The second-order valence-corrected chi connectivity index (χ2v) is 4.46. The van der Waals surface area contributed by atoms with Gasteiger partial charge in [-0.25, -0.2) is 0 Å². The fraction of sp³-hybridized carbons (Fsp3) is 0.909. The highest BCUT2D eigenvalue weighted by molar-refractivity contribution is 5.80. The van der Waals surface area contributed by atoms with E-state index in [1.165, 1.54) is 0 Å². The molecule has 2 aliphatic heterocycles. The predicted molar refractivity (Wildman–Crippen MR) is 58.9 cm³/mol. The van der Waals surface area contributed by atoms with Crippen LogP contribution in [0, 0.1) is 5.92 Å². The normalized spacial score (nSPS) is 27.9.